The molecular weight excluding hydrogens is 865 g/mol. The van der Waals surface area contributed by atoms with Gasteiger partial charge in [0, 0.05) is 19.3 Å². The molecule has 1 unspecified atom stereocenters. The van der Waals surface area contributed by atoms with E-state index in [1.54, 1.807) is 0 Å². The minimum Gasteiger partial charge on any atom is -0.462 e. The van der Waals surface area contributed by atoms with Crippen LogP contribution >= 0.6 is 0 Å². The van der Waals surface area contributed by atoms with Gasteiger partial charge in [-0.25, -0.2) is 0 Å². The lowest BCUT2D eigenvalue weighted by molar-refractivity contribution is -0.167. The fourth-order valence-corrected chi connectivity index (χ4v) is 9.22. The largest absolute Gasteiger partial charge is 0.462 e. The first-order valence-corrected chi connectivity index (χ1v) is 31.0. The molecule has 410 valence electrons. The SMILES string of the molecule is CCCCCCC/C=C\C/C=C\C/C=C\CCCCCCCCCCCCCCC(=O)OCC(COC(=O)CCCCCCCCC)OC(=O)CCCCCCCCCCCCCCCCCCCC. The summed E-state index contributed by atoms with van der Waals surface area (Å²) in [5, 5.41) is 0. The molecule has 0 spiro atoms. The molecule has 1 atom stereocenters. The number of carbonyl (C=O) groups excluding carboxylic acids is 3. The van der Waals surface area contributed by atoms with Gasteiger partial charge in [-0.2, -0.15) is 0 Å². The van der Waals surface area contributed by atoms with Gasteiger partial charge in [-0.1, -0.05) is 295 Å². The van der Waals surface area contributed by atoms with Crippen molar-refractivity contribution in [1.82, 2.24) is 0 Å². The number of esters is 3. The fraction of sp³-hybridized carbons (Fsp3) is 0.859. The van der Waals surface area contributed by atoms with Crippen LogP contribution in [0.5, 0.6) is 0 Å². The third-order valence-corrected chi connectivity index (χ3v) is 13.9. The summed E-state index contributed by atoms with van der Waals surface area (Å²) < 4.78 is 16.8. The molecule has 0 aromatic rings. The van der Waals surface area contributed by atoms with Crippen LogP contribution in [0.15, 0.2) is 36.5 Å². The number of allylic oxidation sites excluding steroid dienone is 6. The summed E-state index contributed by atoms with van der Waals surface area (Å²) >= 11 is 0. The second-order valence-electron chi connectivity index (χ2n) is 21.0. The van der Waals surface area contributed by atoms with E-state index in [0.717, 1.165) is 70.6 Å². The van der Waals surface area contributed by atoms with Crippen LogP contribution in [0.4, 0.5) is 0 Å². The second-order valence-corrected chi connectivity index (χ2v) is 21.0. The number of unbranched alkanes of at least 4 members (excludes halogenated alkanes) is 40. The summed E-state index contributed by atoms with van der Waals surface area (Å²) in [6.07, 6.45) is 71.7. The number of hydrogen-bond donors (Lipinski definition) is 0. The molecule has 0 bridgehead atoms. The lowest BCUT2D eigenvalue weighted by Crippen LogP contribution is -2.30. The van der Waals surface area contributed by atoms with Crippen molar-refractivity contribution < 1.29 is 28.6 Å². The minimum absolute atomic E-state index is 0.0681. The average molecular weight is 984 g/mol. The predicted molar refractivity (Wildman–Crippen MR) is 302 cm³/mol. The van der Waals surface area contributed by atoms with Crippen LogP contribution in [0, 0.1) is 0 Å². The summed E-state index contributed by atoms with van der Waals surface area (Å²) in [6.45, 7) is 6.63. The molecule has 6 nitrogen and oxygen atoms in total. The highest BCUT2D eigenvalue weighted by atomic mass is 16.6. The van der Waals surface area contributed by atoms with Crippen LogP contribution in [-0.2, 0) is 28.6 Å². The van der Waals surface area contributed by atoms with E-state index in [2.05, 4.69) is 57.2 Å². The highest BCUT2D eigenvalue weighted by Gasteiger charge is 2.19. The fourth-order valence-electron chi connectivity index (χ4n) is 9.22. The summed E-state index contributed by atoms with van der Waals surface area (Å²) in [7, 11) is 0. The van der Waals surface area contributed by atoms with Gasteiger partial charge in [-0.15, -0.1) is 0 Å². The van der Waals surface area contributed by atoms with Crippen LogP contribution in [0.1, 0.15) is 335 Å². The van der Waals surface area contributed by atoms with Crippen molar-refractivity contribution in [1.29, 1.82) is 0 Å². The van der Waals surface area contributed by atoms with E-state index in [1.165, 1.54) is 225 Å². The molecule has 0 N–H and O–H groups in total. The second kappa shape index (κ2) is 59.2. The zero-order valence-corrected chi connectivity index (χ0v) is 47.1. The normalized spacial score (nSPS) is 12.2. The maximum atomic E-state index is 12.8. The quantitative estimate of drug-likeness (QED) is 0.0261. The van der Waals surface area contributed by atoms with Gasteiger partial charge in [0.15, 0.2) is 6.10 Å². The Labute approximate surface area is 435 Å². The van der Waals surface area contributed by atoms with Crippen molar-refractivity contribution >= 4 is 17.9 Å². The molecule has 0 saturated carbocycles. The van der Waals surface area contributed by atoms with Gasteiger partial charge in [0.05, 0.1) is 0 Å². The van der Waals surface area contributed by atoms with Gasteiger partial charge in [0.2, 0.25) is 0 Å². The molecule has 0 aliphatic carbocycles. The van der Waals surface area contributed by atoms with E-state index in [4.69, 9.17) is 14.2 Å². The molecule has 0 rings (SSSR count). The predicted octanol–water partition coefficient (Wildman–Crippen LogP) is 20.8. The van der Waals surface area contributed by atoms with E-state index in [0.29, 0.717) is 19.3 Å². The van der Waals surface area contributed by atoms with Gasteiger partial charge in [-0.05, 0) is 57.8 Å². The lowest BCUT2D eigenvalue weighted by atomic mass is 10.0. The van der Waals surface area contributed by atoms with Gasteiger partial charge in [0.25, 0.3) is 0 Å². The van der Waals surface area contributed by atoms with Crippen molar-refractivity contribution in [3.63, 3.8) is 0 Å². The third-order valence-electron chi connectivity index (χ3n) is 13.9. The summed E-state index contributed by atoms with van der Waals surface area (Å²) in [4.78, 5) is 38.0. The molecule has 0 fully saturated rings. The smallest absolute Gasteiger partial charge is 0.306 e. The zero-order chi connectivity index (χ0) is 50.7. The molecule has 0 aliphatic rings. The molecular formula is C64H118O6. The Morgan fingerprint density at radius 2 is 0.514 bits per heavy atom. The number of rotatable bonds is 57. The van der Waals surface area contributed by atoms with E-state index < -0.39 is 6.10 Å². The highest BCUT2D eigenvalue weighted by Crippen LogP contribution is 2.17. The maximum absolute atomic E-state index is 12.8. The maximum Gasteiger partial charge on any atom is 0.306 e. The molecule has 0 amide bonds. The molecule has 0 aromatic heterocycles. The molecule has 0 saturated heterocycles. The van der Waals surface area contributed by atoms with E-state index in [9.17, 15) is 14.4 Å². The Morgan fingerprint density at radius 1 is 0.286 bits per heavy atom. The van der Waals surface area contributed by atoms with Gasteiger partial charge < -0.3 is 14.2 Å². The number of ether oxygens (including phenoxy) is 3. The van der Waals surface area contributed by atoms with Crippen LogP contribution in [-0.4, -0.2) is 37.2 Å². The highest BCUT2D eigenvalue weighted by molar-refractivity contribution is 5.71. The Morgan fingerprint density at radius 3 is 0.800 bits per heavy atom. The summed E-state index contributed by atoms with van der Waals surface area (Å²) in [5.74, 6) is -0.856. The first-order valence-electron chi connectivity index (χ1n) is 31.0. The first kappa shape index (κ1) is 67.6. The Hall–Kier alpha value is -2.37. The third kappa shape index (κ3) is 56.5. The van der Waals surface area contributed by atoms with Crippen molar-refractivity contribution in [3.8, 4) is 0 Å². The topological polar surface area (TPSA) is 78.9 Å². The molecule has 0 heterocycles. The van der Waals surface area contributed by atoms with Crippen molar-refractivity contribution in [2.45, 2.75) is 341 Å². The van der Waals surface area contributed by atoms with E-state index >= 15 is 0 Å². The van der Waals surface area contributed by atoms with Crippen LogP contribution in [0.3, 0.4) is 0 Å². The van der Waals surface area contributed by atoms with E-state index in [-0.39, 0.29) is 31.1 Å². The monoisotopic (exact) mass is 983 g/mol. The van der Waals surface area contributed by atoms with Crippen molar-refractivity contribution in [2.24, 2.45) is 0 Å². The number of carbonyl (C=O) groups is 3. The Balaban J connectivity index is 4.09. The molecule has 6 heteroatoms. The minimum atomic E-state index is -0.767. The van der Waals surface area contributed by atoms with Crippen LogP contribution < -0.4 is 0 Å². The lowest BCUT2D eigenvalue weighted by Gasteiger charge is -2.18. The summed E-state index contributed by atoms with van der Waals surface area (Å²) in [6, 6.07) is 0. The van der Waals surface area contributed by atoms with Crippen molar-refractivity contribution in [2.75, 3.05) is 13.2 Å². The molecule has 0 aliphatic heterocycles. The Bertz CT molecular complexity index is 1170. The standard InChI is InChI=1S/C64H118O6/c1-4-7-10-13-16-18-20-22-24-26-28-29-30-31-32-33-34-35-36-38-39-41-43-45-48-51-54-57-63(66)69-60-61(59-68-62(65)56-53-50-47-15-12-9-6-3)70-64(67)58-55-52-49-46-44-42-40-37-27-25-23-21-19-17-14-11-8-5-2/h20,22,26,28,30-31,61H,4-19,21,23-25,27,29,32-60H2,1-3H3/b22-20-,28-26-,31-30-. The van der Waals surface area contributed by atoms with Gasteiger partial charge in [0.1, 0.15) is 13.2 Å². The number of hydrogen-bond acceptors (Lipinski definition) is 6. The Kier molecular flexibility index (Phi) is 57.2. The average Bonchev–Trinajstić information content (AvgIpc) is 3.36. The first-order chi connectivity index (χ1) is 34.5. The molecule has 0 aromatic carbocycles. The van der Waals surface area contributed by atoms with Crippen LogP contribution in [0.25, 0.3) is 0 Å². The van der Waals surface area contributed by atoms with Gasteiger partial charge in [-0.3, -0.25) is 14.4 Å². The molecule has 0 radical (unpaired) electrons. The van der Waals surface area contributed by atoms with Crippen molar-refractivity contribution in [3.05, 3.63) is 36.5 Å². The van der Waals surface area contributed by atoms with E-state index in [1.807, 2.05) is 0 Å². The van der Waals surface area contributed by atoms with Gasteiger partial charge >= 0.3 is 17.9 Å². The molecule has 70 heavy (non-hydrogen) atoms. The summed E-state index contributed by atoms with van der Waals surface area (Å²) in [5.41, 5.74) is 0. The van der Waals surface area contributed by atoms with Crippen LogP contribution in [0.2, 0.25) is 0 Å². The zero-order valence-electron chi connectivity index (χ0n) is 47.1.